The second-order valence-electron chi connectivity index (χ2n) is 7.76. The number of hydrogen-bond acceptors (Lipinski definition) is 5. The van der Waals surface area contributed by atoms with E-state index in [0.717, 1.165) is 28.0 Å². The summed E-state index contributed by atoms with van der Waals surface area (Å²) in [6.07, 6.45) is 7.38. The molecule has 1 fully saturated rings. The Kier molecular flexibility index (Phi) is 4.77. The van der Waals surface area contributed by atoms with Crippen molar-refractivity contribution in [2.75, 3.05) is 0 Å². The van der Waals surface area contributed by atoms with Crippen LogP contribution in [0, 0.1) is 0 Å². The SMILES string of the molecule is CC1OC(C(C)(Cc2cccnc2)c2ccnc3c(-c4ccc(Cl)cc4)cnn23)O1. The van der Waals surface area contributed by atoms with E-state index in [1.54, 1.807) is 6.20 Å². The van der Waals surface area contributed by atoms with Crippen molar-refractivity contribution in [1.82, 2.24) is 19.6 Å². The summed E-state index contributed by atoms with van der Waals surface area (Å²) >= 11 is 6.05. The van der Waals surface area contributed by atoms with E-state index in [1.807, 2.05) is 66.4 Å². The Hall–Kier alpha value is -2.80. The first-order valence-corrected chi connectivity index (χ1v) is 10.2. The van der Waals surface area contributed by atoms with Crippen LogP contribution in [-0.2, 0) is 21.3 Å². The molecule has 4 aromatic rings. The number of pyridine rings is 1. The van der Waals surface area contributed by atoms with Gasteiger partial charge in [0.1, 0.15) is 0 Å². The minimum atomic E-state index is -0.486. The number of benzene rings is 1. The van der Waals surface area contributed by atoms with Crippen molar-refractivity contribution in [3.05, 3.63) is 83.5 Å². The third-order valence-corrected chi connectivity index (χ3v) is 5.84. The third kappa shape index (κ3) is 3.27. The van der Waals surface area contributed by atoms with Crippen molar-refractivity contribution in [2.24, 2.45) is 0 Å². The average molecular weight is 421 g/mol. The van der Waals surface area contributed by atoms with Gasteiger partial charge >= 0.3 is 0 Å². The van der Waals surface area contributed by atoms with E-state index in [-0.39, 0.29) is 12.6 Å². The molecule has 0 saturated carbocycles. The Morgan fingerprint density at radius 2 is 1.87 bits per heavy atom. The Morgan fingerprint density at radius 1 is 1.07 bits per heavy atom. The summed E-state index contributed by atoms with van der Waals surface area (Å²) in [5, 5.41) is 5.38. The van der Waals surface area contributed by atoms with Crippen LogP contribution in [-0.4, -0.2) is 32.2 Å². The van der Waals surface area contributed by atoms with Crippen LogP contribution in [0.15, 0.2) is 67.3 Å². The minimum absolute atomic E-state index is 0.220. The molecule has 1 unspecified atom stereocenters. The summed E-state index contributed by atoms with van der Waals surface area (Å²) in [5.74, 6) is 0. The lowest BCUT2D eigenvalue weighted by Gasteiger charge is -2.45. The highest BCUT2D eigenvalue weighted by molar-refractivity contribution is 6.30. The van der Waals surface area contributed by atoms with E-state index >= 15 is 0 Å². The molecule has 1 saturated heterocycles. The van der Waals surface area contributed by atoms with Gasteiger partial charge in [-0.05, 0) is 55.7 Å². The maximum absolute atomic E-state index is 6.05. The molecule has 6 nitrogen and oxygen atoms in total. The molecule has 1 aliphatic rings. The van der Waals surface area contributed by atoms with Gasteiger partial charge in [-0.2, -0.15) is 5.10 Å². The van der Waals surface area contributed by atoms with Crippen molar-refractivity contribution in [1.29, 1.82) is 0 Å². The summed E-state index contributed by atoms with van der Waals surface area (Å²) < 4.78 is 13.8. The highest BCUT2D eigenvalue weighted by atomic mass is 35.5. The van der Waals surface area contributed by atoms with Gasteiger partial charge in [-0.1, -0.05) is 29.8 Å². The van der Waals surface area contributed by atoms with Gasteiger partial charge in [0, 0.05) is 29.2 Å². The van der Waals surface area contributed by atoms with Crippen LogP contribution in [0.2, 0.25) is 5.02 Å². The lowest BCUT2D eigenvalue weighted by molar-refractivity contribution is -0.396. The van der Waals surface area contributed by atoms with Gasteiger partial charge in [0.05, 0.1) is 17.3 Å². The van der Waals surface area contributed by atoms with Gasteiger partial charge in [-0.3, -0.25) is 4.98 Å². The highest BCUT2D eigenvalue weighted by Crippen LogP contribution is 2.40. The molecule has 152 valence electrons. The summed E-state index contributed by atoms with van der Waals surface area (Å²) in [6.45, 7) is 4.03. The molecule has 0 N–H and O–H groups in total. The van der Waals surface area contributed by atoms with Gasteiger partial charge < -0.3 is 9.47 Å². The molecule has 0 amide bonds. The molecule has 7 heteroatoms. The highest BCUT2D eigenvalue weighted by Gasteiger charge is 2.47. The number of nitrogens with zero attached hydrogens (tertiary/aromatic N) is 4. The summed E-state index contributed by atoms with van der Waals surface area (Å²) in [5.41, 5.74) is 4.31. The molecule has 1 atom stereocenters. The quantitative estimate of drug-likeness (QED) is 0.469. The van der Waals surface area contributed by atoms with Crippen LogP contribution in [0.3, 0.4) is 0 Å². The summed E-state index contributed by atoms with van der Waals surface area (Å²) in [7, 11) is 0. The van der Waals surface area contributed by atoms with Crippen LogP contribution in [0.4, 0.5) is 0 Å². The molecule has 30 heavy (non-hydrogen) atoms. The van der Waals surface area contributed by atoms with E-state index in [2.05, 4.69) is 28.1 Å². The topological polar surface area (TPSA) is 61.5 Å². The fraction of sp³-hybridized carbons (Fsp3) is 0.261. The predicted octanol–water partition coefficient (Wildman–Crippen LogP) is 4.66. The lowest BCUT2D eigenvalue weighted by Crippen LogP contribution is -2.53. The first-order valence-electron chi connectivity index (χ1n) is 9.83. The zero-order valence-corrected chi connectivity index (χ0v) is 17.5. The van der Waals surface area contributed by atoms with Crippen molar-refractivity contribution in [3.8, 4) is 11.1 Å². The number of ether oxygens (including phenoxy) is 2. The molecule has 0 bridgehead atoms. The van der Waals surface area contributed by atoms with E-state index in [4.69, 9.17) is 21.1 Å². The molecular formula is C23H21ClN4O2. The standard InChI is InChI=1S/C23H21ClN4O2/c1-15-29-22(30-15)23(2,12-16-4-3-10-25-13-16)20-9-11-26-21-19(14-27-28(20)21)17-5-7-18(24)8-6-17/h3-11,13-15,22H,12H2,1-2H3. The van der Waals surface area contributed by atoms with E-state index in [9.17, 15) is 0 Å². The summed E-state index contributed by atoms with van der Waals surface area (Å²) in [6, 6.07) is 13.7. The molecular weight excluding hydrogens is 400 g/mol. The Bertz CT molecular complexity index is 1170. The van der Waals surface area contributed by atoms with Crippen LogP contribution in [0.25, 0.3) is 16.8 Å². The van der Waals surface area contributed by atoms with E-state index in [0.29, 0.717) is 11.4 Å². The van der Waals surface area contributed by atoms with Crippen LogP contribution < -0.4 is 0 Å². The third-order valence-electron chi connectivity index (χ3n) is 5.59. The number of hydrogen-bond donors (Lipinski definition) is 0. The van der Waals surface area contributed by atoms with E-state index in [1.165, 1.54) is 0 Å². The lowest BCUT2D eigenvalue weighted by atomic mass is 9.79. The van der Waals surface area contributed by atoms with Gasteiger partial charge in [0.2, 0.25) is 0 Å². The largest absolute Gasteiger partial charge is 0.323 e. The zero-order chi connectivity index (χ0) is 20.7. The second kappa shape index (κ2) is 7.47. The fourth-order valence-electron chi connectivity index (χ4n) is 4.04. The molecule has 0 radical (unpaired) electrons. The van der Waals surface area contributed by atoms with Gasteiger partial charge in [0.25, 0.3) is 0 Å². The summed E-state index contributed by atoms with van der Waals surface area (Å²) in [4.78, 5) is 8.88. The van der Waals surface area contributed by atoms with Gasteiger partial charge in [-0.15, -0.1) is 0 Å². The molecule has 0 spiro atoms. The average Bonchev–Trinajstić information content (AvgIpc) is 3.17. The van der Waals surface area contributed by atoms with E-state index < -0.39 is 5.41 Å². The monoisotopic (exact) mass is 420 g/mol. The first kappa shape index (κ1) is 19.2. The normalized spacial score (nSPS) is 20.6. The Balaban J connectivity index is 1.62. The molecule has 5 rings (SSSR count). The molecule has 3 aromatic heterocycles. The van der Waals surface area contributed by atoms with Gasteiger partial charge in [-0.25, -0.2) is 9.50 Å². The first-order chi connectivity index (χ1) is 14.5. The van der Waals surface area contributed by atoms with Crippen molar-refractivity contribution >= 4 is 17.2 Å². The van der Waals surface area contributed by atoms with Crippen LogP contribution in [0.5, 0.6) is 0 Å². The molecule has 4 heterocycles. The maximum atomic E-state index is 6.05. The maximum Gasteiger partial charge on any atom is 0.174 e. The number of rotatable bonds is 5. The van der Waals surface area contributed by atoms with Crippen molar-refractivity contribution < 1.29 is 9.47 Å². The van der Waals surface area contributed by atoms with Gasteiger partial charge in [0.15, 0.2) is 18.2 Å². The molecule has 0 aliphatic carbocycles. The number of halogens is 1. The fourth-order valence-corrected chi connectivity index (χ4v) is 4.16. The minimum Gasteiger partial charge on any atom is -0.323 e. The van der Waals surface area contributed by atoms with Crippen LogP contribution >= 0.6 is 11.6 Å². The van der Waals surface area contributed by atoms with Crippen molar-refractivity contribution in [3.63, 3.8) is 0 Å². The smallest absolute Gasteiger partial charge is 0.174 e. The van der Waals surface area contributed by atoms with Crippen LogP contribution in [0.1, 0.15) is 25.1 Å². The molecule has 1 aromatic carbocycles. The predicted molar refractivity (Wildman–Crippen MR) is 114 cm³/mol. The number of fused-ring (bicyclic) bond motifs is 1. The molecule has 1 aliphatic heterocycles. The van der Waals surface area contributed by atoms with Crippen molar-refractivity contribution in [2.45, 2.75) is 38.3 Å². The zero-order valence-electron chi connectivity index (χ0n) is 16.7. The number of aromatic nitrogens is 4. The Morgan fingerprint density at radius 3 is 2.57 bits per heavy atom. The second-order valence-corrected chi connectivity index (χ2v) is 8.19. The Labute approximate surface area is 179 Å².